The Hall–Kier alpha value is -1.35. The molecule has 2 aliphatic rings. The minimum absolute atomic E-state index is 0.0183. The molecular formula is C20H30N2O. The lowest BCUT2D eigenvalue weighted by Crippen LogP contribution is -2.37. The number of carbonyl (C=O) groups is 1. The van der Waals surface area contributed by atoms with Crippen molar-refractivity contribution < 1.29 is 4.79 Å². The standard InChI is InChI=1S/C20H30N2O/c1-15(19(23)22-18-9-4-2-3-5-10-18)17-8-6-7-16(13-17)14-20(21)11-12-20/h6-8,13,15,18H,2-5,9-12,14,21H2,1H3,(H,22,23). The van der Waals surface area contributed by atoms with Crippen LogP contribution in [0, 0.1) is 0 Å². The summed E-state index contributed by atoms with van der Waals surface area (Å²) in [7, 11) is 0. The number of nitrogens with two attached hydrogens (primary N) is 1. The van der Waals surface area contributed by atoms with Gasteiger partial charge in [-0.1, -0.05) is 49.9 Å². The molecular weight excluding hydrogens is 284 g/mol. The van der Waals surface area contributed by atoms with Crippen LogP contribution in [0.1, 0.15) is 75.3 Å². The maximum absolute atomic E-state index is 12.6. The Labute approximate surface area is 140 Å². The van der Waals surface area contributed by atoms with Gasteiger partial charge in [0.15, 0.2) is 0 Å². The second kappa shape index (κ2) is 7.04. The first-order chi connectivity index (χ1) is 11.1. The molecule has 3 rings (SSSR count). The molecule has 3 nitrogen and oxygen atoms in total. The van der Waals surface area contributed by atoms with Crippen LogP contribution in [0.4, 0.5) is 0 Å². The minimum Gasteiger partial charge on any atom is -0.353 e. The summed E-state index contributed by atoms with van der Waals surface area (Å²) in [5.41, 5.74) is 8.61. The topological polar surface area (TPSA) is 55.1 Å². The van der Waals surface area contributed by atoms with Crippen molar-refractivity contribution in [2.75, 3.05) is 0 Å². The summed E-state index contributed by atoms with van der Waals surface area (Å²) in [5, 5.41) is 3.27. The van der Waals surface area contributed by atoms with Gasteiger partial charge in [-0.3, -0.25) is 4.79 Å². The highest BCUT2D eigenvalue weighted by Crippen LogP contribution is 2.36. The number of benzene rings is 1. The molecule has 1 unspecified atom stereocenters. The van der Waals surface area contributed by atoms with E-state index in [-0.39, 0.29) is 17.4 Å². The average Bonchev–Trinajstić information content (AvgIpc) is 3.30. The number of hydrogen-bond acceptors (Lipinski definition) is 2. The lowest BCUT2D eigenvalue weighted by molar-refractivity contribution is -0.123. The van der Waals surface area contributed by atoms with Crippen LogP contribution >= 0.6 is 0 Å². The van der Waals surface area contributed by atoms with Crippen molar-refractivity contribution in [3.63, 3.8) is 0 Å². The molecule has 2 fully saturated rings. The summed E-state index contributed by atoms with van der Waals surface area (Å²) in [6, 6.07) is 8.80. The molecule has 23 heavy (non-hydrogen) atoms. The smallest absolute Gasteiger partial charge is 0.227 e. The van der Waals surface area contributed by atoms with Crippen LogP contribution in [-0.4, -0.2) is 17.5 Å². The van der Waals surface area contributed by atoms with Crippen LogP contribution < -0.4 is 11.1 Å². The van der Waals surface area contributed by atoms with E-state index in [4.69, 9.17) is 5.73 Å². The SMILES string of the molecule is CC(C(=O)NC1CCCCCC1)c1cccc(CC2(N)CC2)c1. The highest BCUT2D eigenvalue weighted by atomic mass is 16.1. The number of nitrogens with one attached hydrogen (secondary N) is 1. The molecule has 0 saturated heterocycles. The maximum Gasteiger partial charge on any atom is 0.227 e. The fourth-order valence-electron chi connectivity index (χ4n) is 3.62. The Bertz CT molecular complexity index is 542. The lowest BCUT2D eigenvalue weighted by Gasteiger charge is -2.20. The van der Waals surface area contributed by atoms with Gasteiger partial charge in [-0.15, -0.1) is 0 Å². The Kier molecular flexibility index (Phi) is 5.05. The molecule has 0 spiro atoms. The van der Waals surface area contributed by atoms with Crippen molar-refractivity contribution in [3.05, 3.63) is 35.4 Å². The molecule has 2 saturated carbocycles. The lowest BCUT2D eigenvalue weighted by atomic mass is 9.95. The van der Waals surface area contributed by atoms with E-state index in [1.54, 1.807) is 0 Å². The third-order valence-electron chi connectivity index (χ3n) is 5.49. The van der Waals surface area contributed by atoms with Gasteiger partial charge in [-0.25, -0.2) is 0 Å². The quantitative estimate of drug-likeness (QED) is 0.815. The van der Waals surface area contributed by atoms with Crippen LogP contribution in [0.5, 0.6) is 0 Å². The molecule has 0 aromatic heterocycles. The van der Waals surface area contributed by atoms with Gasteiger partial charge in [0.25, 0.3) is 0 Å². The zero-order valence-corrected chi connectivity index (χ0v) is 14.3. The van der Waals surface area contributed by atoms with Crippen molar-refractivity contribution in [1.29, 1.82) is 0 Å². The summed E-state index contributed by atoms with van der Waals surface area (Å²) < 4.78 is 0. The van der Waals surface area contributed by atoms with Gasteiger partial charge in [0.1, 0.15) is 0 Å². The normalized spacial score (nSPS) is 22.2. The summed E-state index contributed by atoms with van der Waals surface area (Å²) >= 11 is 0. The first-order valence-electron chi connectivity index (χ1n) is 9.24. The molecule has 0 heterocycles. The zero-order chi connectivity index (χ0) is 16.3. The molecule has 1 aromatic rings. The highest BCUT2D eigenvalue weighted by Gasteiger charge is 2.38. The van der Waals surface area contributed by atoms with Crippen LogP contribution in [0.15, 0.2) is 24.3 Å². The van der Waals surface area contributed by atoms with Crippen molar-refractivity contribution in [3.8, 4) is 0 Å². The Morgan fingerprint density at radius 2 is 1.96 bits per heavy atom. The summed E-state index contributed by atoms with van der Waals surface area (Å²) in [6.07, 6.45) is 10.5. The molecule has 3 N–H and O–H groups in total. The largest absolute Gasteiger partial charge is 0.353 e. The van der Waals surface area contributed by atoms with Gasteiger partial charge >= 0.3 is 0 Å². The fraction of sp³-hybridized carbons (Fsp3) is 0.650. The van der Waals surface area contributed by atoms with Gasteiger partial charge in [0.05, 0.1) is 5.92 Å². The van der Waals surface area contributed by atoms with Crippen molar-refractivity contribution in [2.24, 2.45) is 5.73 Å². The summed E-state index contributed by atoms with van der Waals surface area (Å²) in [6.45, 7) is 2.01. The second-order valence-electron chi connectivity index (χ2n) is 7.70. The van der Waals surface area contributed by atoms with Crippen LogP contribution in [0.3, 0.4) is 0 Å². The molecule has 3 heteroatoms. The number of amides is 1. The molecule has 1 aromatic carbocycles. The first kappa shape index (κ1) is 16.5. The number of hydrogen-bond donors (Lipinski definition) is 2. The van der Waals surface area contributed by atoms with Gasteiger partial charge in [-0.05, 0) is 50.2 Å². The third kappa shape index (κ3) is 4.57. The molecule has 126 valence electrons. The van der Waals surface area contributed by atoms with Gasteiger partial charge in [0.2, 0.25) is 5.91 Å². The van der Waals surface area contributed by atoms with Gasteiger partial charge in [0, 0.05) is 11.6 Å². The Balaban J connectivity index is 1.60. The predicted molar refractivity (Wildman–Crippen MR) is 94.3 cm³/mol. The van der Waals surface area contributed by atoms with Crippen LogP contribution in [0.2, 0.25) is 0 Å². The number of carbonyl (C=O) groups excluding carboxylic acids is 1. The van der Waals surface area contributed by atoms with E-state index in [0.29, 0.717) is 6.04 Å². The minimum atomic E-state index is -0.0915. The van der Waals surface area contributed by atoms with E-state index < -0.39 is 0 Å². The maximum atomic E-state index is 12.6. The zero-order valence-electron chi connectivity index (χ0n) is 14.3. The molecule has 1 amide bonds. The van der Waals surface area contributed by atoms with E-state index in [9.17, 15) is 4.79 Å². The van der Waals surface area contributed by atoms with Crippen molar-refractivity contribution >= 4 is 5.91 Å². The number of rotatable bonds is 5. The Morgan fingerprint density at radius 3 is 2.61 bits per heavy atom. The molecule has 0 aliphatic heterocycles. The predicted octanol–water partition coefficient (Wildman–Crippen LogP) is 3.66. The Morgan fingerprint density at radius 1 is 1.26 bits per heavy atom. The first-order valence-corrected chi connectivity index (χ1v) is 9.24. The van der Waals surface area contributed by atoms with Gasteiger partial charge in [-0.2, -0.15) is 0 Å². The molecule has 0 bridgehead atoms. The monoisotopic (exact) mass is 314 g/mol. The van der Waals surface area contributed by atoms with E-state index >= 15 is 0 Å². The molecule has 1 atom stereocenters. The second-order valence-corrected chi connectivity index (χ2v) is 7.70. The summed E-state index contributed by atoms with van der Waals surface area (Å²) in [5.74, 6) is 0.0778. The molecule has 0 radical (unpaired) electrons. The van der Waals surface area contributed by atoms with E-state index in [1.807, 2.05) is 6.92 Å². The van der Waals surface area contributed by atoms with Crippen molar-refractivity contribution in [2.45, 2.75) is 82.2 Å². The molecule has 2 aliphatic carbocycles. The fourth-order valence-corrected chi connectivity index (χ4v) is 3.62. The van der Waals surface area contributed by atoms with E-state index in [0.717, 1.165) is 37.7 Å². The van der Waals surface area contributed by atoms with Crippen LogP contribution in [0.25, 0.3) is 0 Å². The van der Waals surface area contributed by atoms with Crippen LogP contribution in [-0.2, 0) is 11.2 Å². The van der Waals surface area contributed by atoms with Gasteiger partial charge < -0.3 is 11.1 Å². The summed E-state index contributed by atoms with van der Waals surface area (Å²) in [4.78, 5) is 12.6. The van der Waals surface area contributed by atoms with Crippen molar-refractivity contribution in [1.82, 2.24) is 5.32 Å². The van der Waals surface area contributed by atoms with E-state index in [2.05, 4.69) is 29.6 Å². The third-order valence-corrected chi connectivity index (χ3v) is 5.49. The average molecular weight is 314 g/mol. The highest BCUT2D eigenvalue weighted by molar-refractivity contribution is 5.83. The van der Waals surface area contributed by atoms with E-state index in [1.165, 1.54) is 31.2 Å².